The highest BCUT2D eigenvalue weighted by Gasteiger charge is 2.21. The topological polar surface area (TPSA) is 102 Å². The number of para-hydroxylation sites is 1. The molecule has 0 aromatic heterocycles. The molecule has 0 aliphatic rings. The molecule has 0 unspecified atom stereocenters. The molecule has 7 nitrogen and oxygen atoms in total. The summed E-state index contributed by atoms with van der Waals surface area (Å²) in [5.41, 5.74) is 0.781. The zero-order chi connectivity index (χ0) is 23.3. The molecule has 0 spiro atoms. The number of esters is 1. The van der Waals surface area contributed by atoms with Gasteiger partial charge in [-0.1, -0.05) is 41.4 Å². The Hall–Kier alpha value is -3.07. The van der Waals surface area contributed by atoms with E-state index in [4.69, 9.17) is 27.9 Å². The summed E-state index contributed by atoms with van der Waals surface area (Å²) in [6.07, 6.45) is 0. The normalized spacial score (nSPS) is 11.0. The highest BCUT2D eigenvalue weighted by molar-refractivity contribution is 7.92. The summed E-state index contributed by atoms with van der Waals surface area (Å²) < 4.78 is 32.9. The maximum absolute atomic E-state index is 12.8. The number of carbonyl (C=O) groups excluding carboxylic acids is 2. The van der Waals surface area contributed by atoms with E-state index in [1.54, 1.807) is 37.3 Å². The Morgan fingerprint density at radius 1 is 0.906 bits per heavy atom. The molecule has 0 bridgehead atoms. The largest absolute Gasteiger partial charge is 0.462 e. The second-order valence-electron chi connectivity index (χ2n) is 6.49. The summed E-state index contributed by atoms with van der Waals surface area (Å²) >= 11 is 12.1. The number of benzene rings is 3. The molecule has 0 aliphatic carbocycles. The lowest BCUT2D eigenvalue weighted by Crippen LogP contribution is -2.16. The van der Waals surface area contributed by atoms with E-state index in [2.05, 4.69) is 10.0 Å². The van der Waals surface area contributed by atoms with Crippen molar-refractivity contribution in [3.8, 4) is 0 Å². The Balaban J connectivity index is 1.86. The van der Waals surface area contributed by atoms with Crippen LogP contribution in [0.4, 0.5) is 11.4 Å². The number of amides is 1. The fraction of sp³-hybridized carbons (Fsp3) is 0.0909. The summed E-state index contributed by atoms with van der Waals surface area (Å²) in [5.74, 6) is -1.23. The number of hydrogen-bond acceptors (Lipinski definition) is 5. The number of halogens is 2. The van der Waals surface area contributed by atoms with Gasteiger partial charge in [0.05, 0.1) is 22.2 Å². The van der Waals surface area contributed by atoms with Crippen LogP contribution in [0.15, 0.2) is 71.6 Å². The smallest absolute Gasteiger partial charge is 0.339 e. The highest BCUT2D eigenvalue weighted by Crippen LogP contribution is 2.26. The molecule has 3 aromatic carbocycles. The van der Waals surface area contributed by atoms with Gasteiger partial charge < -0.3 is 10.1 Å². The standard InChI is InChI=1S/C22H18Cl2N2O5S/c1-2-31-22(28)17-13-16(9-11-18(17)23)25-21(27)14-8-10-19(24)20(12-14)32(29,30)26-15-6-4-3-5-7-15/h3-13,26H,2H2,1H3,(H,25,27). The van der Waals surface area contributed by atoms with Crippen LogP contribution in [0.1, 0.15) is 27.6 Å². The fourth-order valence-corrected chi connectivity index (χ4v) is 4.52. The minimum Gasteiger partial charge on any atom is -0.462 e. The van der Waals surface area contributed by atoms with Crippen molar-refractivity contribution in [2.45, 2.75) is 11.8 Å². The van der Waals surface area contributed by atoms with Crippen molar-refractivity contribution in [3.63, 3.8) is 0 Å². The molecular weight excluding hydrogens is 475 g/mol. The molecule has 0 saturated heterocycles. The van der Waals surface area contributed by atoms with Gasteiger partial charge in [0, 0.05) is 16.9 Å². The molecule has 1 amide bonds. The van der Waals surface area contributed by atoms with Crippen molar-refractivity contribution in [1.82, 2.24) is 0 Å². The van der Waals surface area contributed by atoms with Crippen molar-refractivity contribution in [3.05, 3.63) is 87.9 Å². The van der Waals surface area contributed by atoms with E-state index < -0.39 is 21.9 Å². The van der Waals surface area contributed by atoms with Gasteiger partial charge in [-0.25, -0.2) is 13.2 Å². The Bertz CT molecular complexity index is 1260. The third kappa shape index (κ3) is 5.59. The first kappa shape index (κ1) is 23.6. The predicted molar refractivity (Wildman–Crippen MR) is 124 cm³/mol. The van der Waals surface area contributed by atoms with Crippen LogP contribution >= 0.6 is 23.2 Å². The van der Waals surface area contributed by atoms with Crippen LogP contribution < -0.4 is 10.0 Å². The van der Waals surface area contributed by atoms with Crippen molar-refractivity contribution in [2.24, 2.45) is 0 Å². The second-order valence-corrected chi connectivity index (χ2v) is 8.95. The van der Waals surface area contributed by atoms with Crippen LogP contribution in [0.3, 0.4) is 0 Å². The van der Waals surface area contributed by atoms with E-state index in [0.29, 0.717) is 5.69 Å². The Labute approximate surface area is 195 Å². The lowest BCUT2D eigenvalue weighted by Gasteiger charge is -2.12. The summed E-state index contributed by atoms with van der Waals surface area (Å²) in [6, 6.07) is 16.5. The number of ether oxygens (including phenoxy) is 1. The molecule has 166 valence electrons. The quantitative estimate of drug-likeness (QED) is 0.440. The molecule has 2 N–H and O–H groups in total. The first-order valence-corrected chi connectivity index (χ1v) is 11.6. The Morgan fingerprint density at radius 2 is 1.59 bits per heavy atom. The Morgan fingerprint density at radius 3 is 2.28 bits per heavy atom. The molecular formula is C22H18Cl2N2O5S. The third-order valence-corrected chi connectivity index (χ3v) is 6.42. The van der Waals surface area contributed by atoms with E-state index >= 15 is 0 Å². The van der Waals surface area contributed by atoms with E-state index in [-0.39, 0.29) is 38.4 Å². The number of carbonyl (C=O) groups is 2. The first-order valence-electron chi connectivity index (χ1n) is 9.36. The van der Waals surface area contributed by atoms with Gasteiger partial charge in [-0.2, -0.15) is 0 Å². The molecule has 3 aromatic rings. The lowest BCUT2D eigenvalue weighted by atomic mass is 10.1. The molecule has 32 heavy (non-hydrogen) atoms. The minimum atomic E-state index is -4.04. The van der Waals surface area contributed by atoms with Crippen LogP contribution in [-0.2, 0) is 14.8 Å². The minimum absolute atomic E-state index is 0.0407. The van der Waals surface area contributed by atoms with E-state index in [9.17, 15) is 18.0 Å². The van der Waals surface area contributed by atoms with Gasteiger partial charge in [-0.15, -0.1) is 0 Å². The van der Waals surface area contributed by atoms with Crippen LogP contribution in [0.2, 0.25) is 10.0 Å². The van der Waals surface area contributed by atoms with E-state index in [1.165, 1.54) is 36.4 Å². The summed E-state index contributed by atoms with van der Waals surface area (Å²) in [5, 5.41) is 2.74. The molecule has 10 heteroatoms. The molecule has 0 atom stereocenters. The van der Waals surface area contributed by atoms with Gasteiger partial charge in [0.25, 0.3) is 15.9 Å². The van der Waals surface area contributed by atoms with Crippen molar-refractivity contribution < 1.29 is 22.7 Å². The fourth-order valence-electron chi connectivity index (χ4n) is 2.74. The van der Waals surface area contributed by atoms with E-state index in [1.807, 2.05) is 0 Å². The maximum Gasteiger partial charge on any atom is 0.339 e. The molecule has 0 radical (unpaired) electrons. The van der Waals surface area contributed by atoms with Gasteiger partial charge in [0.15, 0.2) is 0 Å². The van der Waals surface area contributed by atoms with E-state index in [0.717, 1.165) is 0 Å². The van der Waals surface area contributed by atoms with Crippen LogP contribution in [0.25, 0.3) is 0 Å². The second kappa shape index (κ2) is 10.0. The molecule has 0 fully saturated rings. The van der Waals surface area contributed by atoms with Gasteiger partial charge in [-0.05, 0) is 55.5 Å². The molecule has 0 saturated carbocycles. The summed E-state index contributed by atoms with van der Waals surface area (Å²) in [7, 11) is -4.04. The highest BCUT2D eigenvalue weighted by atomic mass is 35.5. The molecule has 3 rings (SSSR count). The molecule has 0 heterocycles. The van der Waals surface area contributed by atoms with Crippen molar-refractivity contribution in [1.29, 1.82) is 0 Å². The predicted octanol–water partition coefficient (Wildman–Crippen LogP) is 5.22. The number of nitrogens with one attached hydrogen (secondary N) is 2. The zero-order valence-corrected chi connectivity index (χ0v) is 19.1. The average Bonchev–Trinajstić information content (AvgIpc) is 2.75. The zero-order valence-electron chi connectivity index (χ0n) is 16.8. The van der Waals surface area contributed by atoms with Gasteiger partial charge in [0.2, 0.25) is 0 Å². The van der Waals surface area contributed by atoms with Gasteiger partial charge >= 0.3 is 5.97 Å². The molecule has 0 aliphatic heterocycles. The number of rotatable bonds is 7. The maximum atomic E-state index is 12.8. The van der Waals surface area contributed by atoms with Gasteiger partial charge in [0.1, 0.15) is 4.90 Å². The Kier molecular flexibility index (Phi) is 7.40. The third-order valence-electron chi connectivity index (χ3n) is 4.23. The van der Waals surface area contributed by atoms with Crippen LogP contribution in [-0.4, -0.2) is 26.9 Å². The monoisotopic (exact) mass is 492 g/mol. The van der Waals surface area contributed by atoms with Gasteiger partial charge in [-0.3, -0.25) is 9.52 Å². The SMILES string of the molecule is CCOC(=O)c1cc(NC(=O)c2ccc(Cl)c(S(=O)(=O)Nc3ccccc3)c2)ccc1Cl. The first-order chi connectivity index (χ1) is 15.2. The van der Waals surface area contributed by atoms with Crippen molar-refractivity contribution in [2.75, 3.05) is 16.6 Å². The summed E-state index contributed by atoms with van der Waals surface area (Å²) in [6.45, 7) is 1.83. The summed E-state index contributed by atoms with van der Waals surface area (Å²) in [4.78, 5) is 24.5. The van der Waals surface area contributed by atoms with Crippen LogP contribution in [0, 0.1) is 0 Å². The van der Waals surface area contributed by atoms with Crippen molar-refractivity contribution >= 4 is 56.5 Å². The number of anilines is 2. The number of hydrogen-bond donors (Lipinski definition) is 2. The van der Waals surface area contributed by atoms with Crippen LogP contribution in [0.5, 0.6) is 0 Å². The number of sulfonamides is 1. The average molecular weight is 493 g/mol. The lowest BCUT2D eigenvalue weighted by molar-refractivity contribution is 0.0526.